The minimum atomic E-state index is -0.0141. The number of rotatable bonds is 5. The number of imidazole rings is 1. The van der Waals surface area contributed by atoms with E-state index in [1.54, 1.807) is 6.33 Å². The van der Waals surface area contributed by atoms with Crippen LogP contribution in [0, 0.1) is 5.92 Å². The van der Waals surface area contributed by atoms with Gasteiger partial charge in [-0.05, 0) is 50.0 Å². The van der Waals surface area contributed by atoms with Gasteiger partial charge in [0.25, 0.3) is 5.91 Å². The molecule has 0 aliphatic carbocycles. The van der Waals surface area contributed by atoms with E-state index < -0.39 is 0 Å². The number of aromatic amines is 1. The lowest BCUT2D eigenvalue weighted by molar-refractivity contribution is 0.0945. The van der Waals surface area contributed by atoms with Gasteiger partial charge in [-0.2, -0.15) is 0 Å². The molecule has 2 heterocycles. The SMILES string of the molecule is CC(CNC(=O)c1ccc2nc[nH]c2c1)CN1CCCC1. The van der Waals surface area contributed by atoms with Gasteiger partial charge in [0.15, 0.2) is 0 Å². The van der Waals surface area contributed by atoms with Gasteiger partial charge in [-0.25, -0.2) is 4.98 Å². The highest BCUT2D eigenvalue weighted by Crippen LogP contribution is 2.12. The zero-order valence-corrected chi connectivity index (χ0v) is 12.4. The number of amides is 1. The van der Waals surface area contributed by atoms with Gasteiger partial charge in [0.05, 0.1) is 17.4 Å². The Hall–Kier alpha value is -1.88. The normalized spacial score (nSPS) is 17.2. The van der Waals surface area contributed by atoms with Crippen LogP contribution in [0.3, 0.4) is 0 Å². The van der Waals surface area contributed by atoms with E-state index >= 15 is 0 Å². The number of nitrogens with zero attached hydrogens (tertiary/aromatic N) is 2. The lowest BCUT2D eigenvalue weighted by Crippen LogP contribution is -2.34. The monoisotopic (exact) mass is 286 g/mol. The predicted molar refractivity (Wildman–Crippen MR) is 83.3 cm³/mol. The quantitative estimate of drug-likeness (QED) is 0.884. The summed E-state index contributed by atoms with van der Waals surface area (Å²) >= 11 is 0. The van der Waals surface area contributed by atoms with Gasteiger partial charge < -0.3 is 15.2 Å². The number of benzene rings is 1. The topological polar surface area (TPSA) is 61.0 Å². The summed E-state index contributed by atoms with van der Waals surface area (Å²) in [5.74, 6) is 0.461. The van der Waals surface area contributed by atoms with E-state index in [0.717, 1.165) is 24.1 Å². The van der Waals surface area contributed by atoms with Crippen molar-refractivity contribution in [2.45, 2.75) is 19.8 Å². The van der Waals surface area contributed by atoms with Crippen molar-refractivity contribution in [3.8, 4) is 0 Å². The standard InChI is InChI=1S/C16H22N4O/c1-12(10-20-6-2-3-7-20)9-17-16(21)13-4-5-14-15(8-13)19-11-18-14/h4-5,8,11-12H,2-3,6-7,9-10H2,1H3,(H,17,21)(H,18,19). The fraction of sp³-hybridized carbons (Fsp3) is 0.500. The van der Waals surface area contributed by atoms with Crippen molar-refractivity contribution < 1.29 is 4.79 Å². The first-order chi connectivity index (χ1) is 10.2. The second kappa shape index (κ2) is 6.26. The molecule has 2 N–H and O–H groups in total. The highest BCUT2D eigenvalue weighted by Gasteiger charge is 2.15. The zero-order valence-electron chi connectivity index (χ0n) is 12.4. The van der Waals surface area contributed by atoms with E-state index in [1.165, 1.54) is 25.9 Å². The Morgan fingerprint density at radius 2 is 2.24 bits per heavy atom. The summed E-state index contributed by atoms with van der Waals surface area (Å²) in [6, 6.07) is 5.54. The van der Waals surface area contributed by atoms with E-state index in [0.29, 0.717) is 11.5 Å². The number of hydrogen-bond donors (Lipinski definition) is 2. The second-order valence-corrected chi connectivity index (χ2v) is 5.96. The number of aromatic nitrogens is 2. The molecule has 5 heteroatoms. The molecule has 5 nitrogen and oxygen atoms in total. The van der Waals surface area contributed by atoms with Crippen LogP contribution in [0.25, 0.3) is 11.0 Å². The number of H-pyrrole nitrogens is 1. The number of carbonyl (C=O) groups excluding carboxylic acids is 1. The van der Waals surface area contributed by atoms with Gasteiger partial charge in [0.2, 0.25) is 0 Å². The fourth-order valence-corrected chi connectivity index (χ4v) is 2.92. The maximum atomic E-state index is 12.2. The molecular formula is C16H22N4O. The lowest BCUT2D eigenvalue weighted by Gasteiger charge is -2.20. The van der Waals surface area contributed by atoms with Gasteiger partial charge in [-0.3, -0.25) is 4.79 Å². The molecular weight excluding hydrogens is 264 g/mol. The van der Waals surface area contributed by atoms with E-state index in [-0.39, 0.29) is 5.91 Å². The van der Waals surface area contributed by atoms with E-state index in [1.807, 2.05) is 18.2 Å². The Kier molecular flexibility index (Phi) is 4.20. The molecule has 0 spiro atoms. The van der Waals surface area contributed by atoms with Crippen molar-refractivity contribution in [2.75, 3.05) is 26.2 Å². The molecule has 1 aromatic heterocycles. The van der Waals surface area contributed by atoms with Crippen LogP contribution in [-0.2, 0) is 0 Å². The molecule has 0 radical (unpaired) electrons. The van der Waals surface area contributed by atoms with Crippen LogP contribution in [0.1, 0.15) is 30.1 Å². The molecule has 3 rings (SSSR count). The summed E-state index contributed by atoms with van der Waals surface area (Å²) < 4.78 is 0. The van der Waals surface area contributed by atoms with Gasteiger partial charge in [-0.15, -0.1) is 0 Å². The predicted octanol–water partition coefficient (Wildman–Crippen LogP) is 2.02. The smallest absolute Gasteiger partial charge is 0.251 e. The van der Waals surface area contributed by atoms with Crippen molar-refractivity contribution >= 4 is 16.9 Å². The average molecular weight is 286 g/mol. The summed E-state index contributed by atoms with van der Waals surface area (Å²) in [7, 11) is 0. The molecule has 0 saturated carbocycles. The number of hydrogen-bond acceptors (Lipinski definition) is 3. The lowest BCUT2D eigenvalue weighted by atomic mass is 10.1. The molecule has 2 aromatic rings. The van der Waals surface area contributed by atoms with E-state index in [4.69, 9.17) is 0 Å². The summed E-state index contributed by atoms with van der Waals surface area (Å²) in [5.41, 5.74) is 2.46. The van der Waals surface area contributed by atoms with Crippen molar-refractivity contribution in [2.24, 2.45) is 5.92 Å². The maximum absolute atomic E-state index is 12.2. The Morgan fingerprint density at radius 3 is 3.05 bits per heavy atom. The molecule has 1 aromatic carbocycles. The highest BCUT2D eigenvalue weighted by molar-refractivity contribution is 5.97. The minimum absolute atomic E-state index is 0.0141. The average Bonchev–Trinajstić information content (AvgIpc) is 3.14. The Balaban J connectivity index is 1.53. The minimum Gasteiger partial charge on any atom is -0.352 e. The third kappa shape index (κ3) is 3.42. The maximum Gasteiger partial charge on any atom is 0.251 e. The van der Waals surface area contributed by atoms with E-state index in [2.05, 4.69) is 27.1 Å². The van der Waals surface area contributed by atoms with Crippen LogP contribution in [0.4, 0.5) is 0 Å². The Morgan fingerprint density at radius 1 is 1.43 bits per heavy atom. The third-order valence-corrected chi connectivity index (χ3v) is 4.06. The summed E-state index contributed by atoms with van der Waals surface area (Å²) in [4.78, 5) is 21.9. The number of nitrogens with one attached hydrogen (secondary N) is 2. The second-order valence-electron chi connectivity index (χ2n) is 5.96. The van der Waals surface area contributed by atoms with Crippen LogP contribution in [0.5, 0.6) is 0 Å². The fourth-order valence-electron chi connectivity index (χ4n) is 2.92. The first-order valence-electron chi connectivity index (χ1n) is 7.66. The van der Waals surface area contributed by atoms with E-state index in [9.17, 15) is 4.79 Å². The van der Waals surface area contributed by atoms with Gasteiger partial charge in [0, 0.05) is 18.7 Å². The summed E-state index contributed by atoms with van der Waals surface area (Å²) in [6.45, 7) is 6.39. The number of fused-ring (bicyclic) bond motifs is 1. The zero-order chi connectivity index (χ0) is 14.7. The van der Waals surface area contributed by atoms with Crippen molar-refractivity contribution in [1.29, 1.82) is 0 Å². The number of likely N-dealkylation sites (tertiary alicyclic amines) is 1. The largest absolute Gasteiger partial charge is 0.352 e. The van der Waals surface area contributed by atoms with Crippen molar-refractivity contribution in [1.82, 2.24) is 20.2 Å². The van der Waals surface area contributed by atoms with Crippen LogP contribution < -0.4 is 5.32 Å². The van der Waals surface area contributed by atoms with Crippen LogP contribution in [0.2, 0.25) is 0 Å². The molecule has 112 valence electrons. The first kappa shape index (κ1) is 14.1. The molecule has 1 atom stereocenters. The molecule has 1 amide bonds. The molecule has 1 unspecified atom stereocenters. The van der Waals surface area contributed by atoms with Gasteiger partial charge >= 0.3 is 0 Å². The Labute approximate surface area is 124 Å². The molecule has 1 aliphatic rings. The molecule has 1 saturated heterocycles. The van der Waals surface area contributed by atoms with Gasteiger partial charge in [-0.1, -0.05) is 6.92 Å². The Bertz CT molecular complexity index is 616. The first-order valence-corrected chi connectivity index (χ1v) is 7.66. The summed E-state index contributed by atoms with van der Waals surface area (Å²) in [5, 5.41) is 3.03. The van der Waals surface area contributed by atoms with Crippen LogP contribution in [-0.4, -0.2) is 47.0 Å². The van der Waals surface area contributed by atoms with Gasteiger partial charge in [0.1, 0.15) is 0 Å². The molecule has 1 fully saturated rings. The van der Waals surface area contributed by atoms with Crippen LogP contribution >= 0.6 is 0 Å². The molecule has 1 aliphatic heterocycles. The summed E-state index contributed by atoms with van der Waals surface area (Å²) in [6.07, 6.45) is 4.26. The highest BCUT2D eigenvalue weighted by atomic mass is 16.1. The van der Waals surface area contributed by atoms with Crippen LogP contribution in [0.15, 0.2) is 24.5 Å². The van der Waals surface area contributed by atoms with Crippen molar-refractivity contribution in [3.05, 3.63) is 30.1 Å². The molecule has 21 heavy (non-hydrogen) atoms. The number of carbonyl (C=O) groups is 1. The van der Waals surface area contributed by atoms with Crippen molar-refractivity contribution in [3.63, 3.8) is 0 Å². The third-order valence-electron chi connectivity index (χ3n) is 4.06. The molecule has 0 bridgehead atoms.